The van der Waals surface area contributed by atoms with Gasteiger partial charge in [0.1, 0.15) is 0 Å². The second-order valence-corrected chi connectivity index (χ2v) is 3.63. The minimum atomic E-state index is -0.474. The molecule has 18 heavy (non-hydrogen) atoms. The zero-order valence-electron chi connectivity index (χ0n) is 10.7. The van der Waals surface area contributed by atoms with Crippen LogP contribution < -0.4 is 15.0 Å². The van der Waals surface area contributed by atoms with E-state index in [1.807, 2.05) is 0 Å². The second-order valence-electron chi connectivity index (χ2n) is 3.63. The molecule has 6 heteroatoms. The van der Waals surface area contributed by atoms with E-state index in [1.165, 1.54) is 24.1 Å². The van der Waals surface area contributed by atoms with Crippen molar-refractivity contribution in [2.24, 2.45) is 0 Å². The van der Waals surface area contributed by atoms with Crippen LogP contribution in [0.4, 0.5) is 10.1 Å². The van der Waals surface area contributed by atoms with Gasteiger partial charge in [-0.3, -0.25) is 4.79 Å². The fourth-order valence-corrected chi connectivity index (χ4v) is 1.41. The Morgan fingerprint density at radius 2 is 2.17 bits per heavy atom. The predicted molar refractivity (Wildman–Crippen MR) is 72.2 cm³/mol. The lowest BCUT2D eigenvalue weighted by Gasteiger charge is -2.17. The topological polar surface area (TPSA) is 41.6 Å². The summed E-state index contributed by atoms with van der Waals surface area (Å²) in [4.78, 5) is 13.1. The molecule has 0 saturated heterocycles. The number of methoxy groups -OCH3 is 1. The Morgan fingerprint density at radius 3 is 2.67 bits per heavy atom. The molecule has 4 nitrogen and oxygen atoms in total. The van der Waals surface area contributed by atoms with Crippen molar-refractivity contribution in [2.45, 2.75) is 6.42 Å². The Labute approximate surface area is 113 Å². The summed E-state index contributed by atoms with van der Waals surface area (Å²) in [5.41, 5.74) is 0.518. The van der Waals surface area contributed by atoms with Crippen LogP contribution in [-0.4, -0.2) is 33.7 Å². The lowest BCUT2D eigenvalue weighted by atomic mass is 10.2. The summed E-state index contributed by atoms with van der Waals surface area (Å²) in [6, 6.07) is 4.45. The number of ether oxygens (including phenoxy) is 1. The number of benzene rings is 1. The molecule has 0 aliphatic rings. The number of carbonyl (C=O) groups excluding carboxylic acids is 1. The summed E-state index contributed by atoms with van der Waals surface area (Å²) in [5, 5.41) is 2.89. The largest absolute Gasteiger partial charge is 0.494 e. The average molecular weight is 277 g/mol. The monoisotopic (exact) mass is 276 g/mol. The van der Waals surface area contributed by atoms with Crippen molar-refractivity contribution >= 4 is 24.0 Å². The minimum absolute atomic E-state index is 0. The summed E-state index contributed by atoms with van der Waals surface area (Å²) in [5.74, 6) is -0.369. The summed E-state index contributed by atoms with van der Waals surface area (Å²) in [6.07, 6.45) is 0.376. The molecule has 0 bridgehead atoms. The van der Waals surface area contributed by atoms with E-state index in [1.54, 1.807) is 20.2 Å². The molecule has 1 amide bonds. The number of anilines is 1. The normalized spacial score (nSPS) is 9.56. The van der Waals surface area contributed by atoms with Crippen molar-refractivity contribution in [3.8, 4) is 5.75 Å². The molecule has 0 atom stereocenters. The molecule has 0 radical (unpaired) electrons. The van der Waals surface area contributed by atoms with Gasteiger partial charge in [0.25, 0.3) is 0 Å². The third kappa shape index (κ3) is 4.16. The fourth-order valence-electron chi connectivity index (χ4n) is 1.41. The number of rotatable bonds is 5. The van der Waals surface area contributed by atoms with Gasteiger partial charge in [-0.1, -0.05) is 0 Å². The molecule has 0 saturated carbocycles. The van der Waals surface area contributed by atoms with Gasteiger partial charge >= 0.3 is 0 Å². The van der Waals surface area contributed by atoms with Crippen LogP contribution in [0.15, 0.2) is 18.2 Å². The lowest BCUT2D eigenvalue weighted by Crippen LogP contribution is -2.28. The second kappa shape index (κ2) is 7.89. The maximum atomic E-state index is 13.5. The molecule has 0 heterocycles. The molecule has 0 spiro atoms. The van der Waals surface area contributed by atoms with Crippen LogP contribution in [0.5, 0.6) is 5.75 Å². The van der Waals surface area contributed by atoms with E-state index >= 15 is 0 Å². The average Bonchev–Trinajstić information content (AvgIpc) is 2.34. The Morgan fingerprint density at radius 1 is 1.50 bits per heavy atom. The summed E-state index contributed by atoms with van der Waals surface area (Å²) in [6.45, 7) is 0.599. The highest BCUT2D eigenvalue weighted by Crippen LogP contribution is 2.23. The van der Waals surface area contributed by atoms with Gasteiger partial charge in [-0.05, 0) is 19.2 Å². The SMILES string of the molecule is CNCCC(=O)N(C)c1ccc(OC)c(F)c1.Cl. The van der Waals surface area contributed by atoms with Crippen LogP contribution in [-0.2, 0) is 4.79 Å². The highest BCUT2D eigenvalue weighted by Gasteiger charge is 2.12. The van der Waals surface area contributed by atoms with E-state index in [0.717, 1.165) is 0 Å². The molecular weight excluding hydrogens is 259 g/mol. The van der Waals surface area contributed by atoms with Crippen LogP contribution in [0.25, 0.3) is 0 Å². The lowest BCUT2D eigenvalue weighted by molar-refractivity contribution is -0.118. The maximum Gasteiger partial charge on any atom is 0.227 e. The van der Waals surface area contributed by atoms with Crippen LogP contribution in [0.2, 0.25) is 0 Å². The van der Waals surface area contributed by atoms with Gasteiger partial charge in [0.2, 0.25) is 5.91 Å². The molecule has 0 unspecified atom stereocenters. The van der Waals surface area contributed by atoms with Gasteiger partial charge in [-0.15, -0.1) is 12.4 Å². The molecule has 1 aromatic carbocycles. The highest BCUT2D eigenvalue weighted by molar-refractivity contribution is 5.92. The van der Waals surface area contributed by atoms with Crippen LogP contribution >= 0.6 is 12.4 Å². The molecule has 1 rings (SSSR count). The first-order chi connectivity index (χ1) is 8.10. The third-order valence-corrected chi connectivity index (χ3v) is 2.49. The van der Waals surface area contributed by atoms with E-state index in [9.17, 15) is 9.18 Å². The molecule has 102 valence electrons. The van der Waals surface area contributed by atoms with Crippen molar-refractivity contribution in [1.29, 1.82) is 0 Å². The fraction of sp³-hybridized carbons (Fsp3) is 0.417. The zero-order chi connectivity index (χ0) is 12.8. The summed E-state index contributed by atoms with van der Waals surface area (Å²) >= 11 is 0. The third-order valence-electron chi connectivity index (χ3n) is 2.49. The van der Waals surface area contributed by atoms with Gasteiger partial charge in [0, 0.05) is 31.8 Å². The molecule has 0 fully saturated rings. The first-order valence-electron chi connectivity index (χ1n) is 5.35. The Balaban J connectivity index is 0.00000289. The number of amides is 1. The first kappa shape index (κ1) is 16.7. The van der Waals surface area contributed by atoms with E-state index in [0.29, 0.717) is 18.7 Å². The summed E-state index contributed by atoms with van der Waals surface area (Å²) in [7, 11) is 4.81. The van der Waals surface area contributed by atoms with Crippen LogP contribution in [0.3, 0.4) is 0 Å². The van der Waals surface area contributed by atoms with Crippen molar-refractivity contribution < 1.29 is 13.9 Å². The van der Waals surface area contributed by atoms with Gasteiger partial charge in [0.05, 0.1) is 7.11 Å². The van der Waals surface area contributed by atoms with E-state index in [-0.39, 0.29) is 24.1 Å². The molecule has 1 aromatic rings. The number of nitrogens with zero attached hydrogens (tertiary/aromatic N) is 1. The predicted octanol–water partition coefficient (Wildman–Crippen LogP) is 1.83. The maximum absolute atomic E-state index is 13.5. The number of halogens is 2. The molecule has 0 aliphatic heterocycles. The van der Waals surface area contributed by atoms with Gasteiger partial charge in [-0.25, -0.2) is 4.39 Å². The summed E-state index contributed by atoms with van der Waals surface area (Å²) < 4.78 is 18.3. The van der Waals surface area contributed by atoms with E-state index < -0.39 is 5.82 Å². The molecule has 0 aliphatic carbocycles. The van der Waals surface area contributed by atoms with Crippen LogP contribution in [0.1, 0.15) is 6.42 Å². The van der Waals surface area contributed by atoms with Crippen molar-refractivity contribution in [3.63, 3.8) is 0 Å². The number of hydrogen-bond donors (Lipinski definition) is 1. The zero-order valence-corrected chi connectivity index (χ0v) is 11.5. The Hall–Kier alpha value is -1.33. The quantitative estimate of drug-likeness (QED) is 0.892. The van der Waals surface area contributed by atoms with Gasteiger partial charge in [-0.2, -0.15) is 0 Å². The molecular formula is C12H18ClFN2O2. The molecule has 0 aromatic heterocycles. The highest BCUT2D eigenvalue weighted by atomic mass is 35.5. The van der Waals surface area contributed by atoms with Crippen LogP contribution in [0, 0.1) is 5.82 Å². The van der Waals surface area contributed by atoms with E-state index in [2.05, 4.69) is 5.32 Å². The Kier molecular flexibility index (Phi) is 7.31. The van der Waals surface area contributed by atoms with Crippen molar-refractivity contribution in [1.82, 2.24) is 5.32 Å². The smallest absolute Gasteiger partial charge is 0.227 e. The first-order valence-corrected chi connectivity index (χ1v) is 5.35. The standard InChI is InChI=1S/C12H17FN2O2.ClH/c1-14-7-6-12(16)15(2)9-4-5-11(17-3)10(13)8-9;/h4-5,8,14H,6-7H2,1-3H3;1H. The Bertz CT molecular complexity index is 402. The molecule has 1 N–H and O–H groups in total. The number of carbonyl (C=O) groups is 1. The number of nitrogens with one attached hydrogen (secondary N) is 1. The minimum Gasteiger partial charge on any atom is -0.494 e. The van der Waals surface area contributed by atoms with Gasteiger partial charge < -0.3 is 15.0 Å². The van der Waals surface area contributed by atoms with Gasteiger partial charge in [0.15, 0.2) is 11.6 Å². The number of hydrogen-bond acceptors (Lipinski definition) is 3. The van der Waals surface area contributed by atoms with Crippen molar-refractivity contribution in [2.75, 3.05) is 32.6 Å². The van der Waals surface area contributed by atoms with Crippen molar-refractivity contribution in [3.05, 3.63) is 24.0 Å². The van der Waals surface area contributed by atoms with E-state index in [4.69, 9.17) is 4.74 Å².